The second-order valence-electron chi connectivity index (χ2n) is 6.73. The average Bonchev–Trinajstić information content (AvgIpc) is 2.73. The normalized spacial score (nSPS) is 13.6. The maximum absolute atomic E-state index is 13.3. The van der Waals surface area contributed by atoms with Crippen LogP contribution < -0.4 is 15.2 Å². The molecular weight excluding hydrogens is 355 g/mol. The zero-order valence-corrected chi connectivity index (χ0v) is 16.0. The lowest BCUT2D eigenvalue weighted by Gasteiger charge is -2.35. The van der Waals surface area contributed by atoms with Gasteiger partial charge in [-0.3, -0.25) is 5.01 Å². The van der Waals surface area contributed by atoms with Crippen molar-refractivity contribution in [1.29, 1.82) is 0 Å². The summed E-state index contributed by atoms with van der Waals surface area (Å²) in [5.74, 6) is 0.470. The second-order valence-corrected chi connectivity index (χ2v) is 6.73. The minimum Gasteiger partial charge on any atom is -0.494 e. The Morgan fingerprint density at radius 2 is 1.82 bits per heavy atom. The summed E-state index contributed by atoms with van der Waals surface area (Å²) < 4.78 is 19.0. The monoisotopic (exact) mass is 376 g/mol. The van der Waals surface area contributed by atoms with Gasteiger partial charge in [-0.1, -0.05) is 12.1 Å². The highest BCUT2D eigenvalue weighted by Gasteiger charge is 2.26. The number of aryl methyl sites for hydroxylation is 1. The lowest BCUT2D eigenvalue weighted by Crippen LogP contribution is -2.39. The molecule has 5 nitrogen and oxygen atoms in total. The first-order chi connectivity index (χ1) is 13.6. The van der Waals surface area contributed by atoms with Crippen LogP contribution in [0.2, 0.25) is 0 Å². The van der Waals surface area contributed by atoms with Crippen molar-refractivity contribution >= 4 is 11.8 Å². The van der Waals surface area contributed by atoms with Crippen LogP contribution in [-0.4, -0.2) is 17.3 Å². The molecule has 28 heavy (non-hydrogen) atoms. The van der Waals surface area contributed by atoms with Gasteiger partial charge in [-0.25, -0.2) is 4.39 Å². The fourth-order valence-electron chi connectivity index (χ4n) is 3.32. The molecule has 0 bridgehead atoms. The molecule has 3 aromatic rings. The number of rotatable bonds is 4. The van der Waals surface area contributed by atoms with E-state index in [1.54, 1.807) is 19.2 Å². The van der Waals surface area contributed by atoms with Crippen LogP contribution >= 0.6 is 0 Å². The van der Waals surface area contributed by atoms with Gasteiger partial charge < -0.3 is 10.2 Å². The maximum Gasteiger partial charge on any atom is 0.145 e. The lowest BCUT2D eigenvalue weighted by molar-refractivity contribution is 0.411. The predicted molar refractivity (Wildman–Crippen MR) is 108 cm³/mol. The summed E-state index contributed by atoms with van der Waals surface area (Å²) in [7, 11) is 1.65. The van der Waals surface area contributed by atoms with E-state index in [1.165, 1.54) is 12.1 Å². The van der Waals surface area contributed by atoms with Crippen LogP contribution in [0.3, 0.4) is 0 Å². The number of fused-ring (bicyclic) bond motifs is 1. The number of hydrogen-bond donors (Lipinski definition) is 1. The third-order valence-electron chi connectivity index (χ3n) is 4.85. The highest BCUT2D eigenvalue weighted by Crippen LogP contribution is 2.41. The summed E-state index contributed by atoms with van der Waals surface area (Å²) in [6.07, 6.45) is 3.88. The molecule has 0 unspecified atom stereocenters. The summed E-state index contributed by atoms with van der Waals surface area (Å²) in [6.45, 7) is 3.97. The molecule has 1 aliphatic rings. The largest absolute Gasteiger partial charge is 0.494 e. The molecule has 1 N–H and O–H groups in total. The van der Waals surface area contributed by atoms with E-state index in [4.69, 9.17) is 4.74 Å². The summed E-state index contributed by atoms with van der Waals surface area (Å²) in [6, 6.07) is 14.4. The van der Waals surface area contributed by atoms with E-state index in [0.717, 1.165) is 39.5 Å². The molecule has 1 aromatic heterocycles. The van der Waals surface area contributed by atoms with Gasteiger partial charge in [0.25, 0.3) is 0 Å². The van der Waals surface area contributed by atoms with Gasteiger partial charge in [-0.05, 0) is 67.4 Å². The smallest absolute Gasteiger partial charge is 0.145 e. The molecule has 0 spiro atoms. The highest BCUT2D eigenvalue weighted by atomic mass is 19.1. The predicted octanol–water partition coefficient (Wildman–Crippen LogP) is 4.66. The van der Waals surface area contributed by atoms with Crippen molar-refractivity contribution in [1.82, 2.24) is 15.6 Å². The molecule has 0 fully saturated rings. The quantitative estimate of drug-likeness (QED) is 0.718. The maximum atomic E-state index is 13.3. The number of nitrogens with zero attached hydrogens (tertiary/aromatic N) is 3. The van der Waals surface area contributed by atoms with Crippen molar-refractivity contribution in [2.45, 2.75) is 19.9 Å². The third-order valence-corrected chi connectivity index (χ3v) is 4.85. The molecule has 1 atom stereocenters. The molecular formula is C22H21FN4O. The molecule has 142 valence electrons. The number of methoxy groups -OCH3 is 1. The van der Waals surface area contributed by atoms with Crippen LogP contribution in [0, 0.1) is 12.7 Å². The molecule has 1 aliphatic heterocycles. The first-order valence-electron chi connectivity index (χ1n) is 9.07. The molecule has 0 aliphatic carbocycles. The minimum atomic E-state index is -0.253. The first-order valence-corrected chi connectivity index (χ1v) is 9.07. The first kappa shape index (κ1) is 18.0. The van der Waals surface area contributed by atoms with Crippen LogP contribution in [-0.2, 0) is 0 Å². The summed E-state index contributed by atoms with van der Waals surface area (Å²) in [5, 5.41) is 10.5. The zero-order chi connectivity index (χ0) is 19.7. The Morgan fingerprint density at radius 1 is 1.04 bits per heavy atom. The Labute approximate surface area is 163 Å². The molecule has 0 saturated carbocycles. The van der Waals surface area contributed by atoms with E-state index in [2.05, 4.69) is 28.6 Å². The minimum absolute atomic E-state index is 0.0672. The van der Waals surface area contributed by atoms with E-state index in [-0.39, 0.29) is 11.9 Å². The number of aromatic nitrogens is 2. The fourth-order valence-corrected chi connectivity index (χ4v) is 3.32. The SMILES string of the molecule is COc1cc(-c2ccc(F)cc2)cc2c1N([C@H](C)c1ccc(C)nn1)NC=C2. The van der Waals surface area contributed by atoms with Gasteiger partial charge in [-0.15, -0.1) is 0 Å². The van der Waals surface area contributed by atoms with E-state index in [9.17, 15) is 4.39 Å². The van der Waals surface area contributed by atoms with Gasteiger partial charge in [0, 0.05) is 11.8 Å². The standard InChI is InChI=1S/C22H21FN4O/c1-14-4-9-20(26-25-14)15(2)27-22-17(10-11-24-27)12-18(13-21(22)28-3)16-5-7-19(23)8-6-16/h4-13,15,24H,1-3H3/t15-/m1/s1. The van der Waals surface area contributed by atoms with Crippen molar-refractivity contribution in [3.63, 3.8) is 0 Å². The molecule has 0 amide bonds. The second kappa shape index (κ2) is 7.31. The zero-order valence-electron chi connectivity index (χ0n) is 16.0. The van der Waals surface area contributed by atoms with Crippen LogP contribution in [0.5, 0.6) is 5.75 Å². The Morgan fingerprint density at radius 3 is 2.50 bits per heavy atom. The molecule has 2 aromatic carbocycles. The van der Waals surface area contributed by atoms with Crippen LogP contribution in [0.1, 0.15) is 29.9 Å². The molecule has 6 heteroatoms. The summed E-state index contributed by atoms with van der Waals surface area (Å²) in [4.78, 5) is 0. The van der Waals surface area contributed by atoms with Gasteiger partial charge in [-0.2, -0.15) is 10.2 Å². The van der Waals surface area contributed by atoms with Crippen molar-refractivity contribution in [2.24, 2.45) is 0 Å². The third kappa shape index (κ3) is 3.29. The van der Waals surface area contributed by atoms with Gasteiger partial charge in [0.1, 0.15) is 17.3 Å². The number of benzene rings is 2. The molecule has 4 rings (SSSR count). The van der Waals surface area contributed by atoms with Crippen LogP contribution in [0.15, 0.2) is 54.7 Å². The van der Waals surface area contributed by atoms with Crippen LogP contribution in [0.4, 0.5) is 10.1 Å². The Kier molecular flexibility index (Phi) is 4.69. The van der Waals surface area contributed by atoms with E-state index in [1.807, 2.05) is 42.4 Å². The van der Waals surface area contributed by atoms with Crippen molar-refractivity contribution in [2.75, 3.05) is 12.1 Å². The van der Waals surface area contributed by atoms with Crippen molar-refractivity contribution in [3.05, 3.63) is 77.5 Å². The number of hydrogen-bond acceptors (Lipinski definition) is 5. The number of hydrazine groups is 1. The fraction of sp³-hybridized carbons (Fsp3) is 0.182. The van der Waals surface area contributed by atoms with Gasteiger partial charge in [0.15, 0.2) is 0 Å². The van der Waals surface area contributed by atoms with Crippen molar-refractivity contribution in [3.8, 4) is 16.9 Å². The van der Waals surface area contributed by atoms with E-state index in [0.29, 0.717) is 0 Å². The lowest BCUT2D eigenvalue weighted by atomic mass is 9.99. The topological polar surface area (TPSA) is 50.3 Å². The summed E-state index contributed by atoms with van der Waals surface area (Å²) >= 11 is 0. The van der Waals surface area contributed by atoms with Gasteiger partial charge in [0.05, 0.1) is 24.5 Å². The molecule has 0 radical (unpaired) electrons. The Bertz CT molecular complexity index is 1020. The van der Waals surface area contributed by atoms with E-state index >= 15 is 0 Å². The van der Waals surface area contributed by atoms with E-state index < -0.39 is 0 Å². The Balaban J connectivity index is 1.77. The van der Waals surface area contributed by atoms with Gasteiger partial charge in [0.2, 0.25) is 0 Å². The summed E-state index contributed by atoms with van der Waals surface area (Å²) in [5.41, 5.74) is 8.83. The Hall–Kier alpha value is -3.41. The number of nitrogens with one attached hydrogen (secondary N) is 1. The number of anilines is 1. The number of ether oxygens (including phenoxy) is 1. The van der Waals surface area contributed by atoms with Gasteiger partial charge >= 0.3 is 0 Å². The highest BCUT2D eigenvalue weighted by molar-refractivity contribution is 5.82. The average molecular weight is 376 g/mol. The van der Waals surface area contributed by atoms with Crippen LogP contribution in [0.25, 0.3) is 17.2 Å². The number of halogens is 1. The molecule has 2 heterocycles. The molecule has 0 saturated heterocycles. The van der Waals surface area contributed by atoms with Crippen molar-refractivity contribution < 1.29 is 9.13 Å².